The first-order valence-electron chi connectivity index (χ1n) is 6.63. The number of nitrogens with zero attached hydrogens (tertiary/aromatic N) is 2. The van der Waals surface area contributed by atoms with Crippen LogP contribution in [0.4, 0.5) is 0 Å². The summed E-state index contributed by atoms with van der Waals surface area (Å²) in [5.74, 6) is -0.130. The summed E-state index contributed by atoms with van der Waals surface area (Å²) >= 11 is 0. The van der Waals surface area contributed by atoms with Gasteiger partial charge in [0, 0.05) is 6.54 Å². The van der Waals surface area contributed by atoms with Crippen LogP contribution in [-0.2, 0) is 4.79 Å². The molecule has 0 aliphatic heterocycles. The molecule has 1 fully saturated rings. The number of rotatable bonds is 5. The van der Waals surface area contributed by atoms with Crippen LogP contribution >= 0.6 is 0 Å². The highest BCUT2D eigenvalue weighted by molar-refractivity contribution is 5.79. The van der Waals surface area contributed by atoms with E-state index in [1.807, 2.05) is 0 Å². The van der Waals surface area contributed by atoms with E-state index in [1.165, 1.54) is 0 Å². The van der Waals surface area contributed by atoms with E-state index in [2.05, 4.69) is 11.4 Å². The minimum absolute atomic E-state index is 0.0349. The summed E-state index contributed by atoms with van der Waals surface area (Å²) in [6.45, 7) is 0.726. The third kappa shape index (κ3) is 4.63. The molecule has 1 rings (SSSR count). The zero-order valence-electron chi connectivity index (χ0n) is 11.1. The number of carbonyl (C=O) groups is 1. The standard InChI is InChI=1S/C13H23N3O2/c1-16(8-9-17)10-12(18)15-13(11-14)6-4-2-3-5-7-13/h17H,2-10H2,1H3,(H,15,18). The summed E-state index contributed by atoms with van der Waals surface area (Å²) in [4.78, 5) is 13.6. The van der Waals surface area contributed by atoms with Crippen molar-refractivity contribution in [1.29, 1.82) is 5.26 Å². The van der Waals surface area contributed by atoms with Crippen LogP contribution in [0.1, 0.15) is 38.5 Å². The molecule has 18 heavy (non-hydrogen) atoms. The van der Waals surface area contributed by atoms with Crippen molar-refractivity contribution in [2.24, 2.45) is 0 Å². The maximum atomic E-state index is 11.9. The summed E-state index contributed by atoms with van der Waals surface area (Å²) in [6.07, 6.45) is 5.78. The van der Waals surface area contributed by atoms with Crippen molar-refractivity contribution in [1.82, 2.24) is 10.2 Å². The van der Waals surface area contributed by atoms with Crippen LogP contribution < -0.4 is 5.32 Å². The van der Waals surface area contributed by atoms with Crippen molar-refractivity contribution in [2.75, 3.05) is 26.7 Å². The number of carbonyl (C=O) groups excluding carboxylic acids is 1. The summed E-state index contributed by atoms with van der Waals surface area (Å²) in [7, 11) is 1.78. The Morgan fingerprint density at radius 2 is 2.00 bits per heavy atom. The first-order chi connectivity index (χ1) is 8.62. The van der Waals surface area contributed by atoms with Gasteiger partial charge in [0.1, 0.15) is 5.54 Å². The monoisotopic (exact) mass is 253 g/mol. The van der Waals surface area contributed by atoms with Crippen LogP contribution in [0.5, 0.6) is 0 Å². The average Bonchev–Trinajstić information content (AvgIpc) is 2.55. The number of amides is 1. The van der Waals surface area contributed by atoms with Gasteiger partial charge in [-0.15, -0.1) is 0 Å². The topological polar surface area (TPSA) is 76.4 Å². The highest BCUT2D eigenvalue weighted by Gasteiger charge is 2.32. The lowest BCUT2D eigenvalue weighted by atomic mass is 9.92. The minimum atomic E-state index is -0.673. The largest absolute Gasteiger partial charge is 0.395 e. The molecule has 0 heterocycles. The zero-order valence-corrected chi connectivity index (χ0v) is 11.1. The number of hydrogen-bond donors (Lipinski definition) is 2. The fourth-order valence-corrected chi connectivity index (χ4v) is 2.40. The van der Waals surface area contributed by atoms with Crippen LogP contribution in [0.25, 0.3) is 0 Å². The maximum absolute atomic E-state index is 11.9. The molecule has 102 valence electrons. The molecule has 2 N–H and O–H groups in total. The first-order valence-corrected chi connectivity index (χ1v) is 6.63. The predicted molar refractivity (Wildman–Crippen MR) is 68.8 cm³/mol. The van der Waals surface area contributed by atoms with Crippen molar-refractivity contribution in [3.05, 3.63) is 0 Å². The molecule has 5 nitrogen and oxygen atoms in total. The molecule has 0 radical (unpaired) electrons. The van der Waals surface area contributed by atoms with Crippen LogP contribution in [0.2, 0.25) is 0 Å². The molecule has 1 saturated carbocycles. The second-order valence-electron chi connectivity index (χ2n) is 5.12. The van der Waals surface area contributed by atoms with Gasteiger partial charge in [0.2, 0.25) is 5.91 Å². The van der Waals surface area contributed by atoms with Gasteiger partial charge < -0.3 is 10.4 Å². The Bertz CT molecular complexity index is 304. The molecule has 1 aliphatic carbocycles. The summed E-state index contributed by atoms with van der Waals surface area (Å²) < 4.78 is 0. The van der Waals surface area contributed by atoms with Gasteiger partial charge in [0.05, 0.1) is 19.2 Å². The molecule has 0 unspecified atom stereocenters. The van der Waals surface area contributed by atoms with Gasteiger partial charge in [-0.05, 0) is 19.9 Å². The Kier molecular flexibility index (Phi) is 6.10. The molecule has 0 bridgehead atoms. The van der Waals surface area contributed by atoms with E-state index in [0.717, 1.165) is 38.5 Å². The highest BCUT2D eigenvalue weighted by Crippen LogP contribution is 2.26. The average molecular weight is 253 g/mol. The van der Waals surface area contributed by atoms with Gasteiger partial charge in [-0.3, -0.25) is 9.69 Å². The molecular formula is C13H23N3O2. The van der Waals surface area contributed by atoms with Gasteiger partial charge in [-0.2, -0.15) is 5.26 Å². The molecule has 5 heteroatoms. The molecule has 0 aromatic heterocycles. The lowest BCUT2D eigenvalue weighted by molar-refractivity contribution is -0.123. The number of aliphatic hydroxyl groups is 1. The second kappa shape index (κ2) is 7.34. The Balaban J connectivity index is 2.51. The highest BCUT2D eigenvalue weighted by atomic mass is 16.3. The minimum Gasteiger partial charge on any atom is -0.395 e. The molecule has 1 aliphatic rings. The van der Waals surface area contributed by atoms with Crippen LogP contribution in [0.15, 0.2) is 0 Å². The van der Waals surface area contributed by atoms with Gasteiger partial charge in [-0.25, -0.2) is 0 Å². The van der Waals surface area contributed by atoms with Crippen molar-refractivity contribution in [2.45, 2.75) is 44.1 Å². The SMILES string of the molecule is CN(CCO)CC(=O)NC1(C#N)CCCCCC1. The molecule has 0 aromatic carbocycles. The Labute approximate surface area is 109 Å². The number of nitrogens with one attached hydrogen (secondary N) is 1. The van der Waals surface area contributed by atoms with E-state index in [0.29, 0.717) is 6.54 Å². The molecule has 1 amide bonds. The molecule has 0 saturated heterocycles. The fourth-order valence-electron chi connectivity index (χ4n) is 2.40. The summed E-state index contributed by atoms with van der Waals surface area (Å²) in [6, 6.07) is 2.29. The van der Waals surface area contributed by atoms with E-state index in [-0.39, 0.29) is 19.1 Å². The summed E-state index contributed by atoms with van der Waals surface area (Å²) in [5, 5.41) is 21.0. The van der Waals surface area contributed by atoms with Crippen LogP contribution in [0.3, 0.4) is 0 Å². The lowest BCUT2D eigenvalue weighted by Crippen LogP contribution is -2.50. The quantitative estimate of drug-likeness (QED) is 0.705. The van der Waals surface area contributed by atoms with Crippen molar-refractivity contribution in [3.8, 4) is 6.07 Å². The lowest BCUT2D eigenvalue weighted by Gasteiger charge is -2.27. The number of nitriles is 1. The fraction of sp³-hybridized carbons (Fsp3) is 0.846. The van der Waals surface area contributed by atoms with Gasteiger partial charge in [-0.1, -0.05) is 25.7 Å². The predicted octanol–water partition coefficient (Wildman–Crippen LogP) is 0.643. The number of aliphatic hydroxyl groups excluding tert-OH is 1. The van der Waals surface area contributed by atoms with Crippen molar-refractivity contribution >= 4 is 5.91 Å². The van der Waals surface area contributed by atoms with Gasteiger partial charge in [0.25, 0.3) is 0 Å². The second-order valence-corrected chi connectivity index (χ2v) is 5.12. The van der Waals surface area contributed by atoms with Crippen molar-refractivity contribution < 1.29 is 9.90 Å². The first kappa shape index (κ1) is 14.9. The van der Waals surface area contributed by atoms with E-state index < -0.39 is 5.54 Å². The molecule has 0 atom stereocenters. The maximum Gasteiger partial charge on any atom is 0.235 e. The van der Waals surface area contributed by atoms with Crippen LogP contribution in [-0.4, -0.2) is 48.2 Å². The van der Waals surface area contributed by atoms with Crippen LogP contribution in [0, 0.1) is 11.3 Å². The Hall–Kier alpha value is -1.12. The van der Waals surface area contributed by atoms with Gasteiger partial charge in [0.15, 0.2) is 0 Å². The van der Waals surface area contributed by atoms with E-state index in [1.54, 1.807) is 11.9 Å². The Morgan fingerprint density at radius 3 is 2.50 bits per heavy atom. The number of likely N-dealkylation sites (N-methyl/N-ethyl adjacent to an activating group) is 1. The van der Waals surface area contributed by atoms with Gasteiger partial charge >= 0.3 is 0 Å². The normalized spacial score (nSPS) is 19.0. The molecular weight excluding hydrogens is 230 g/mol. The molecule has 0 aromatic rings. The third-order valence-corrected chi connectivity index (χ3v) is 3.45. The zero-order chi connectivity index (χ0) is 13.4. The Morgan fingerprint density at radius 1 is 1.39 bits per heavy atom. The van der Waals surface area contributed by atoms with Crippen molar-refractivity contribution in [3.63, 3.8) is 0 Å². The number of hydrogen-bond acceptors (Lipinski definition) is 4. The van der Waals surface area contributed by atoms with E-state index >= 15 is 0 Å². The van der Waals surface area contributed by atoms with E-state index in [4.69, 9.17) is 5.11 Å². The third-order valence-electron chi connectivity index (χ3n) is 3.45. The van der Waals surface area contributed by atoms with E-state index in [9.17, 15) is 10.1 Å². The smallest absolute Gasteiger partial charge is 0.235 e. The molecule has 0 spiro atoms. The summed E-state index contributed by atoms with van der Waals surface area (Å²) in [5.41, 5.74) is -0.673.